The second-order valence-corrected chi connectivity index (χ2v) is 4.39. The summed E-state index contributed by atoms with van der Waals surface area (Å²) in [5.41, 5.74) is 1.80. The Morgan fingerprint density at radius 2 is 2.19 bits per heavy atom. The number of para-hydroxylation sites is 1. The van der Waals surface area contributed by atoms with Gasteiger partial charge in [0.05, 0.1) is 11.9 Å². The van der Waals surface area contributed by atoms with Gasteiger partial charge in [0.25, 0.3) is 0 Å². The lowest BCUT2D eigenvalue weighted by Gasteiger charge is -2.23. The van der Waals surface area contributed by atoms with Crippen LogP contribution in [0, 0.1) is 0 Å². The number of nitrogens with zero attached hydrogens (tertiary/aromatic N) is 1. The lowest BCUT2D eigenvalue weighted by molar-refractivity contribution is -0.115. The van der Waals surface area contributed by atoms with Crippen LogP contribution in [-0.4, -0.2) is 24.7 Å². The molecule has 1 aliphatic heterocycles. The summed E-state index contributed by atoms with van der Waals surface area (Å²) < 4.78 is 0. The summed E-state index contributed by atoms with van der Waals surface area (Å²) in [5, 5.41) is -0.368. The predicted octanol–water partition coefficient (Wildman–Crippen LogP) is 1.94. The maximum atomic E-state index is 11.2. The second-order valence-electron chi connectivity index (χ2n) is 3.92. The molecule has 2 atom stereocenters. The topological polar surface area (TPSA) is 37.4 Å². The number of anilines is 1. The molecule has 3 nitrogen and oxygen atoms in total. The Morgan fingerprint density at radius 3 is 2.81 bits per heavy atom. The lowest BCUT2D eigenvalue weighted by Crippen LogP contribution is -2.37. The zero-order valence-corrected chi connectivity index (χ0v) is 9.65. The van der Waals surface area contributed by atoms with Gasteiger partial charge < -0.3 is 9.69 Å². The van der Waals surface area contributed by atoms with Crippen molar-refractivity contribution in [1.29, 1.82) is 0 Å². The lowest BCUT2D eigenvalue weighted by atomic mass is 10.1. The Morgan fingerprint density at radius 1 is 1.50 bits per heavy atom. The van der Waals surface area contributed by atoms with Gasteiger partial charge in [-0.3, -0.25) is 4.79 Å². The normalized spacial score (nSPS) is 23.0. The average Bonchev–Trinajstić information content (AvgIpc) is 2.52. The van der Waals surface area contributed by atoms with Crippen LogP contribution >= 0.6 is 11.6 Å². The van der Waals surface area contributed by atoms with Crippen molar-refractivity contribution >= 4 is 29.4 Å². The minimum absolute atomic E-state index is 0.0208. The highest BCUT2D eigenvalue weighted by molar-refractivity contribution is 6.24. The summed E-state index contributed by atoms with van der Waals surface area (Å²) >= 11 is 6.20. The second kappa shape index (κ2) is 4.26. The Balaban J connectivity index is 2.42. The van der Waals surface area contributed by atoms with E-state index in [1.807, 2.05) is 24.3 Å². The molecule has 2 rings (SSSR count). The smallest absolute Gasteiger partial charge is 0.149 e. The molecule has 0 aromatic heterocycles. The molecule has 0 saturated heterocycles. The van der Waals surface area contributed by atoms with Crippen LogP contribution in [0.1, 0.15) is 17.9 Å². The van der Waals surface area contributed by atoms with Gasteiger partial charge in [-0.05, 0) is 18.6 Å². The van der Waals surface area contributed by atoms with Crippen LogP contribution in [0.25, 0.3) is 0 Å². The van der Waals surface area contributed by atoms with Crippen LogP contribution in [0.5, 0.6) is 0 Å². The van der Waals surface area contributed by atoms with Crippen LogP contribution < -0.4 is 4.90 Å². The average molecular weight is 238 g/mol. The first-order valence-corrected chi connectivity index (χ1v) is 5.53. The molecule has 1 aromatic carbocycles. The van der Waals surface area contributed by atoms with Crippen molar-refractivity contribution in [3.05, 3.63) is 29.8 Å². The van der Waals surface area contributed by atoms with E-state index in [9.17, 15) is 9.59 Å². The van der Waals surface area contributed by atoms with Gasteiger partial charge in [0.1, 0.15) is 18.1 Å². The number of fused-ring (bicyclic) bond motifs is 1. The largest absolute Gasteiger partial charge is 0.352 e. The van der Waals surface area contributed by atoms with E-state index < -0.39 is 6.04 Å². The number of benzene rings is 1. The number of rotatable bonds is 3. The van der Waals surface area contributed by atoms with E-state index in [1.165, 1.54) is 6.92 Å². The SMILES string of the molecule is CC(=O)CN1c2ccccc2[C@H](Cl)[C@H]1C=O. The van der Waals surface area contributed by atoms with Crippen molar-refractivity contribution in [2.75, 3.05) is 11.4 Å². The monoisotopic (exact) mass is 237 g/mol. The third-order valence-corrected chi connectivity index (χ3v) is 3.23. The Labute approximate surface area is 99.0 Å². The molecule has 0 aliphatic carbocycles. The Hall–Kier alpha value is -1.35. The van der Waals surface area contributed by atoms with Crippen LogP contribution in [0.15, 0.2) is 24.3 Å². The van der Waals surface area contributed by atoms with Crippen molar-refractivity contribution in [3.63, 3.8) is 0 Å². The molecule has 1 heterocycles. The van der Waals surface area contributed by atoms with Crippen molar-refractivity contribution in [1.82, 2.24) is 0 Å². The van der Waals surface area contributed by atoms with E-state index in [4.69, 9.17) is 11.6 Å². The number of hydrogen-bond donors (Lipinski definition) is 0. The van der Waals surface area contributed by atoms with Gasteiger partial charge in [-0.1, -0.05) is 18.2 Å². The first-order chi connectivity index (χ1) is 7.65. The number of carbonyl (C=O) groups is 2. The molecule has 0 N–H and O–H groups in total. The first kappa shape index (κ1) is 11.1. The molecule has 0 fully saturated rings. The molecule has 4 heteroatoms. The van der Waals surface area contributed by atoms with Gasteiger partial charge in [-0.25, -0.2) is 0 Å². The third kappa shape index (κ3) is 1.71. The highest BCUT2D eigenvalue weighted by Crippen LogP contribution is 2.42. The summed E-state index contributed by atoms with van der Waals surface area (Å²) in [6, 6.07) is 7.10. The molecule has 0 radical (unpaired) electrons. The maximum absolute atomic E-state index is 11.2. The fraction of sp³-hybridized carbons (Fsp3) is 0.333. The number of alkyl halides is 1. The van der Waals surface area contributed by atoms with Crippen LogP contribution in [0.2, 0.25) is 0 Å². The molecule has 0 saturated carbocycles. The van der Waals surface area contributed by atoms with E-state index in [1.54, 1.807) is 4.90 Å². The molecule has 0 bridgehead atoms. The molecule has 16 heavy (non-hydrogen) atoms. The van der Waals surface area contributed by atoms with Gasteiger partial charge in [-0.15, -0.1) is 11.6 Å². The van der Waals surface area contributed by atoms with E-state index in [2.05, 4.69) is 0 Å². The van der Waals surface area contributed by atoms with E-state index in [0.717, 1.165) is 17.5 Å². The number of aldehydes is 1. The van der Waals surface area contributed by atoms with Crippen molar-refractivity contribution in [3.8, 4) is 0 Å². The molecule has 1 aliphatic rings. The van der Waals surface area contributed by atoms with E-state index >= 15 is 0 Å². The standard InChI is InChI=1S/C12H12ClNO2/c1-8(16)6-14-10-5-3-2-4-9(10)12(13)11(14)7-15/h2-5,7,11-12H,6H2,1H3/t11-,12+/m1/s1. The molecular weight excluding hydrogens is 226 g/mol. The van der Waals surface area contributed by atoms with Gasteiger partial charge in [0.15, 0.2) is 0 Å². The number of ketones is 1. The number of Topliss-reactive ketones (excluding diaryl/α,β-unsaturated/α-hetero) is 1. The fourth-order valence-corrected chi connectivity index (χ4v) is 2.44. The van der Waals surface area contributed by atoms with Crippen molar-refractivity contribution in [2.24, 2.45) is 0 Å². The minimum atomic E-state index is -0.442. The highest BCUT2D eigenvalue weighted by atomic mass is 35.5. The molecule has 1 aromatic rings. The fourth-order valence-electron chi connectivity index (χ4n) is 2.06. The summed E-state index contributed by atoms with van der Waals surface area (Å²) in [4.78, 5) is 24.0. The summed E-state index contributed by atoms with van der Waals surface area (Å²) in [6.45, 7) is 1.73. The van der Waals surface area contributed by atoms with Crippen molar-refractivity contribution in [2.45, 2.75) is 18.3 Å². The highest BCUT2D eigenvalue weighted by Gasteiger charge is 2.37. The van der Waals surface area contributed by atoms with Gasteiger partial charge in [-0.2, -0.15) is 0 Å². The minimum Gasteiger partial charge on any atom is -0.352 e. The van der Waals surface area contributed by atoms with Crippen molar-refractivity contribution < 1.29 is 9.59 Å². The number of hydrogen-bond acceptors (Lipinski definition) is 3. The quantitative estimate of drug-likeness (QED) is 0.596. The number of carbonyl (C=O) groups excluding carboxylic acids is 2. The van der Waals surface area contributed by atoms with Gasteiger partial charge >= 0.3 is 0 Å². The zero-order valence-electron chi connectivity index (χ0n) is 8.89. The summed E-state index contributed by atoms with van der Waals surface area (Å²) in [6.07, 6.45) is 0.806. The van der Waals surface area contributed by atoms with Crippen LogP contribution in [0.4, 0.5) is 5.69 Å². The molecule has 0 amide bonds. The maximum Gasteiger partial charge on any atom is 0.149 e. The molecule has 0 spiro atoms. The molecule has 0 unspecified atom stereocenters. The summed E-state index contributed by atoms with van der Waals surface area (Å²) in [5.74, 6) is 0.0208. The van der Waals surface area contributed by atoms with Gasteiger partial charge in [0, 0.05) is 5.69 Å². The first-order valence-electron chi connectivity index (χ1n) is 5.09. The zero-order chi connectivity index (χ0) is 11.7. The Kier molecular flexibility index (Phi) is 2.97. The van der Waals surface area contributed by atoms with Crippen LogP contribution in [0.3, 0.4) is 0 Å². The van der Waals surface area contributed by atoms with Gasteiger partial charge in [0.2, 0.25) is 0 Å². The van der Waals surface area contributed by atoms with E-state index in [-0.39, 0.29) is 17.7 Å². The van der Waals surface area contributed by atoms with Crippen LogP contribution in [-0.2, 0) is 9.59 Å². The predicted molar refractivity (Wildman–Crippen MR) is 62.9 cm³/mol. The Bertz CT molecular complexity index is 433. The number of halogens is 1. The third-order valence-electron chi connectivity index (χ3n) is 2.74. The van der Waals surface area contributed by atoms with E-state index in [0.29, 0.717) is 0 Å². The summed E-state index contributed by atoms with van der Waals surface area (Å²) in [7, 11) is 0. The molecular formula is C12H12ClNO2. The molecule has 84 valence electrons.